The molecule has 1 amide bonds. The summed E-state index contributed by atoms with van der Waals surface area (Å²) in [5.41, 5.74) is 4.21. The number of carbonyl (C=O) groups is 1. The van der Waals surface area contributed by atoms with Crippen LogP contribution >= 0.6 is 0 Å². The molecule has 5 nitrogen and oxygen atoms in total. The summed E-state index contributed by atoms with van der Waals surface area (Å²) in [6.45, 7) is 3.53. The number of hydrogen-bond acceptors (Lipinski definition) is 3. The fourth-order valence-corrected chi connectivity index (χ4v) is 3.02. The van der Waals surface area contributed by atoms with Gasteiger partial charge >= 0.3 is 0 Å². The van der Waals surface area contributed by atoms with Gasteiger partial charge in [0.05, 0.1) is 13.4 Å². The number of nitrogens with zero attached hydrogens (tertiary/aromatic N) is 2. The van der Waals surface area contributed by atoms with Crippen molar-refractivity contribution in [3.05, 3.63) is 83.4 Å². The van der Waals surface area contributed by atoms with Gasteiger partial charge in [-0.3, -0.25) is 4.79 Å². The molecule has 1 aromatic heterocycles. The number of benzene rings is 2. The Balaban J connectivity index is 1.55. The second-order valence-electron chi connectivity index (χ2n) is 6.58. The van der Waals surface area contributed by atoms with E-state index in [0.717, 1.165) is 30.7 Å². The Hall–Kier alpha value is -3.08. The second kappa shape index (κ2) is 9.03. The van der Waals surface area contributed by atoms with E-state index in [1.807, 2.05) is 54.1 Å². The first-order valence-electron chi connectivity index (χ1n) is 9.12. The van der Waals surface area contributed by atoms with Gasteiger partial charge in [0.2, 0.25) is 0 Å². The first-order chi connectivity index (χ1) is 13.2. The van der Waals surface area contributed by atoms with Gasteiger partial charge in [0.1, 0.15) is 5.75 Å². The quantitative estimate of drug-likeness (QED) is 0.622. The van der Waals surface area contributed by atoms with Crippen molar-refractivity contribution < 1.29 is 9.53 Å². The van der Waals surface area contributed by atoms with Crippen molar-refractivity contribution in [1.82, 2.24) is 14.9 Å². The molecule has 0 spiro atoms. The zero-order valence-electron chi connectivity index (χ0n) is 15.8. The number of methoxy groups -OCH3 is 1. The standard InChI is InChI=1S/C22H25N3O2/c1-17-13-20(22(26)24-9-4-11-25-12-10-23-16-25)8-7-19(17)14-18-5-3-6-21(15-18)27-2/h3,5-8,10,12-13,15-16H,4,9,11,14H2,1-2H3,(H,24,26). The van der Waals surface area contributed by atoms with Crippen LogP contribution < -0.4 is 10.1 Å². The molecule has 0 aliphatic rings. The Morgan fingerprint density at radius 2 is 2.11 bits per heavy atom. The third-order valence-corrected chi connectivity index (χ3v) is 4.57. The van der Waals surface area contributed by atoms with E-state index < -0.39 is 0 Å². The van der Waals surface area contributed by atoms with Gasteiger partial charge in [-0.25, -0.2) is 4.98 Å². The lowest BCUT2D eigenvalue weighted by atomic mass is 9.98. The van der Waals surface area contributed by atoms with Crippen LogP contribution in [0.5, 0.6) is 5.75 Å². The van der Waals surface area contributed by atoms with Gasteiger partial charge in [-0.15, -0.1) is 0 Å². The Kier molecular flexibility index (Phi) is 6.26. The molecule has 0 radical (unpaired) electrons. The summed E-state index contributed by atoms with van der Waals surface area (Å²) in [4.78, 5) is 16.4. The number of nitrogens with one attached hydrogen (secondary N) is 1. The number of ether oxygens (including phenoxy) is 1. The van der Waals surface area contributed by atoms with E-state index in [2.05, 4.69) is 16.4 Å². The number of hydrogen-bond donors (Lipinski definition) is 1. The monoisotopic (exact) mass is 363 g/mol. The van der Waals surface area contributed by atoms with Crippen molar-refractivity contribution in [2.24, 2.45) is 0 Å². The summed E-state index contributed by atoms with van der Waals surface area (Å²) in [5, 5.41) is 2.98. The molecule has 3 aromatic rings. The molecular formula is C22H25N3O2. The van der Waals surface area contributed by atoms with Crippen LogP contribution in [0.1, 0.15) is 33.5 Å². The highest BCUT2D eigenvalue weighted by atomic mass is 16.5. The fraction of sp³-hybridized carbons (Fsp3) is 0.273. The number of imidazole rings is 1. The van der Waals surface area contributed by atoms with Crippen LogP contribution in [0.4, 0.5) is 0 Å². The van der Waals surface area contributed by atoms with Gasteiger partial charge < -0.3 is 14.6 Å². The lowest BCUT2D eigenvalue weighted by molar-refractivity contribution is 0.0952. The van der Waals surface area contributed by atoms with Crippen LogP contribution in [-0.4, -0.2) is 29.1 Å². The molecule has 0 aliphatic carbocycles. The summed E-state index contributed by atoms with van der Waals surface area (Å²) in [6.07, 6.45) is 7.15. The molecule has 2 aromatic carbocycles. The molecule has 0 aliphatic heterocycles. The van der Waals surface area contributed by atoms with E-state index in [1.54, 1.807) is 19.6 Å². The third kappa shape index (κ3) is 5.20. The minimum Gasteiger partial charge on any atom is -0.497 e. The van der Waals surface area contributed by atoms with E-state index in [4.69, 9.17) is 4.74 Å². The SMILES string of the molecule is COc1cccc(Cc2ccc(C(=O)NCCCn3ccnc3)cc2C)c1. The van der Waals surface area contributed by atoms with Crippen molar-refractivity contribution >= 4 is 5.91 Å². The Labute approximate surface area is 160 Å². The number of aromatic nitrogens is 2. The molecule has 0 unspecified atom stereocenters. The number of carbonyl (C=O) groups excluding carboxylic acids is 1. The van der Waals surface area contributed by atoms with E-state index in [0.29, 0.717) is 12.1 Å². The van der Waals surface area contributed by atoms with Crippen LogP contribution in [-0.2, 0) is 13.0 Å². The molecule has 3 rings (SSSR count). The van der Waals surface area contributed by atoms with Crippen molar-refractivity contribution in [3.63, 3.8) is 0 Å². The predicted octanol–water partition coefficient (Wildman–Crippen LogP) is 3.61. The third-order valence-electron chi connectivity index (χ3n) is 4.57. The molecule has 0 fully saturated rings. The van der Waals surface area contributed by atoms with Gasteiger partial charge in [-0.05, 0) is 60.7 Å². The van der Waals surface area contributed by atoms with Crippen LogP contribution in [0.15, 0.2) is 61.2 Å². The highest BCUT2D eigenvalue weighted by Gasteiger charge is 2.08. The van der Waals surface area contributed by atoms with Gasteiger partial charge in [0, 0.05) is 31.0 Å². The highest BCUT2D eigenvalue weighted by Crippen LogP contribution is 2.19. The Morgan fingerprint density at radius 1 is 1.22 bits per heavy atom. The first kappa shape index (κ1) is 18.7. The van der Waals surface area contributed by atoms with Gasteiger partial charge in [-0.1, -0.05) is 18.2 Å². The smallest absolute Gasteiger partial charge is 0.251 e. The van der Waals surface area contributed by atoms with E-state index in [-0.39, 0.29) is 5.91 Å². The maximum Gasteiger partial charge on any atom is 0.251 e. The maximum atomic E-state index is 12.4. The molecule has 1 N–H and O–H groups in total. The van der Waals surface area contributed by atoms with Gasteiger partial charge in [-0.2, -0.15) is 0 Å². The largest absolute Gasteiger partial charge is 0.497 e. The number of aryl methyl sites for hydroxylation is 2. The molecule has 0 saturated heterocycles. The number of rotatable bonds is 8. The minimum absolute atomic E-state index is 0.0309. The van der Waals surface area contributed by atoms with E-state index in [1.165, 1.54) is 11.1 Å². The van der Waals surface area contributed by atoms with E-state index in [9.17, 15) is 4.79 Å². The normalized spacial score (nSPS) is 10.6. The lowest BCUT2D eigenvalue weighted by Gasteiger charge is -2.10. The summed E-state index contributed by atoms with van der Waals surface area (Å²) >= 11 is 0. The van der Waals surface area contributed by atoms with E-state index >= 15 is 0 Å². The topological polar surface area (TPSA) is 56.1 Å². The molecule has 27 heavy (non-hydrogen) atoms. The second-order valence-corrected chi connectivity index (χ2v) is 6.58. The van der Waals surface area contributed by atoms with Crippen LogP contribution in [0.25, 0.3) is 0 Å². The molecule has 140 valence electrons. The summed E-state index contributed by atoms with van der Waals surface area (Å²) < 4.78 is 7.29. The molecule has 1 heterocycles. The number of amides is 1. The molecular weight excluding hydrogens is 338 g/mol. The molecule has 5 heteroatoms. The van der Waals surface area contributed by atoms with Crippen LogP contribution in [0.2, 0.25) is 0 Å². The minimum atomic E-state index is -0.0309. The zero-order chi connectivity index (χ0) is 19.1. The zero-order valence-corrected chi connectivity index (χ0v) is 15.8. The highest BCUT2D eigenvalue weighted by molar-refractivity contribution is 5.94. The Morgan fingerprint density at radius 3 is 2.85 bits per heavy atom. The van der Waals surface area contributed by atoms with Crippen LogP contribution in [0.3, 0.4) is 0 Å². The molecule has 0 bridgehead atoms. The van der Waals surface area contributed by atoms with Gasteiger partial charge in [0.25, 0.3) is 5.91 Å². The summed E-state index contributed by atoms with van der Waals surface area (Å²) in [6, 6.07) is 14.0. The van der Waals surface area contributed by atoms with Crippen molar-refractivity contribution in [2.45, 2.75) is 26.3 Å². The van der Waals surface area contributed by atoms with Crippen LogP contribution in [0, 0.1) is 6.92 Å². The first-order valence-corrected chi connectivity index (χ1v) is 9.12. The van der Waals surface area contributed by atoms with Crippen molar-refractivity contribution in [2.75, 3.05) is 13.7 Å². The Bertz CT molecular complexity index is 888. The lowest BCUT2D eigenvalue weighted by Crippen LogP contribution is -2.25. The van der Waals surface area contributed by atoms with Crippen molar-refractivity contribution in [1.29, 1.82) is 0 Å². The van der Waals surface area contributed by atoms with Gasteiger partial charge in [0.15, 0.2) is 0 Å². The average molecular weight is 363 g/mol. The fourth-order valence-electron chi connectivity index (χ4n) is 3.02. The maximum absolute atomic E-state index is 12.4. The summed E-state index contributed by atoms with van der Waals surface area (Å²) in [7, 11) is 1.67. The van der Waals surface area contributed by atoms with Crippen molar-refractivity contribution in [3.8, 4) is 5.75 Å². The molecule has 0 saturated carbocycles. The molecule has 0 atom stereocenters. The predicted molar refractivity (Wildman–Crippen MR) is 106 cm³/mol. The average Bonchev–Trinajstić information content (AvgIpc) is 3.20. The summed E-state index contributed by atoms with van der Waals surface area (Å²) in [5.74, 6) is 0.827.